The molecule has 0 aliphatic rings. The quantitative estimate of drug-likeness (QED) is 0.281. The molecule has 30 heavy (non-hydrogen) atoms. The summed E-state index contributed by atoms with van der Waals surface area (Å²) < 4.78 is 10.5. The minimum absolute atomic E-state index is 0.0209. The summed E-state index contributed by atoms with van der Waals surface area (Å²) in [5, 5.41) is 25.4. The van der Waals surface area contributed by atoms with E-state index in [4.69, 9.17) is 9.47 Å². The predicted octanol–water partition coefficient (Wildman–Crippen LogP) is 1.97. The van der Waals surface area contributed by atoms with E-state index in [2.05, 4.69) is 15.8 Å². The van der Waals surface area contributed by atoms with Crippen molar-refractivity contribution in [3.05, 3.63) is 47.5 Å². The Balaban J connectivity index is 1.79. The number of phenols is 2. The number of nitrogens with one attached hydrogen (secondary N) is 2. The molecule has 9 nitrogen and oxygen atoms in total. The third-order valence-electron chi connectivity index (χ3n) is 4.19. The van der Waals surface area contributed by atoms with Crippen LogP contribution < -0.4 is 20.2 Å². The van der Waals surface area contributed by atoms with Crippen molar-refractivity contribution in [2.75, 3.05) is 20.8 Å². The lowest BCUT2D eigenvalue weighted by Gasteiger charge is -2.10. The average Bonchev–Trinajstić information content (AvgIpc) is 2.73. The fraction of sp³-hybridized carbons (Fsp3) is 0.286. The van der Waals surface area contributed by atoms with Crippen LogP contribution in [0.3, 0.4) is 0 Å². The average molecular weight is 415 g/mol. The van der Waals surface area contributed by atoms with E-state index >= 15 is 0 Å². The Hall–Kier alpha value is -3.75. The van der Waals surface area contributed by atoms with Gasteiger partial charge in [0, 0.05) is 17.8 Å². The minimum atomic E-state index is -0.571. The Bertz CT molecular complexity index is 942. The molecule has 0 saturated heterocycles. The number of amides is 2. The number of carbonyl (C=O) groups is 2. The number of carbonyl (C=O) groups excluding carboxylic acids is 2. The van der Waals surface area contributed by atoms with Crippen molar-refractivity contribution in [1.29, 1.82) is 0 Å². The van der Waals surface area contributed by atoms with Gasteiger partial charge in [-0.2, -0.15) is 5.10 Å². The van der Waals surface area contributed by atoms with Gasteiger partial charge in [0.05, 0.1) is 20.6 Å². The summed E-state index contributed by atoms with van der Waals surface area (Å²) in [6.07, 6.45) is 0.635. The van der Waals surface area contributed by atoms with Crippen molar-refractivity contribution in [1.82, 2.24) is 10.7 Å². The number of benzene rings is 2. The molecule has 2 aromatic rings. The number of hydrazone groups is 1. The highest BCUT2D eigenvalue weighted by atomic mass is 16.5. The molecule has 0 saturated carbocycles. The normalized spacial score (nSPS) is 11.0. The molecular formula is C21H25N3O6. The van der Waals surface area contributed by atoms with Crippen LogP contribution in [0.15, 0.2) is 41.5 Å². The molecule has 0 aliphatic carbocycles. The van der Waals surface area contributed by atoms with Crippen LogP contribution in [-0.4, -0.2) is 48.5 Å². The number of nitrogens with zero attached hydrogens (tertiary/aromatic N) is 1. The van der Waals surface area contributed by atoms with Crippen LogP contribution in [-0.2, 0) is 11.2 Å². The van der Waals surface area contributed by atoms with Crippen LogP contribution in [0.5, 0.6) is 23.0 Å². The maximum absolute atomic E-state index is 12.1. The second-order valence-electron chi connectivity index (χ2n) is 6.46. The van der Waals surface area contributed by atoms with Crippen LogP contribution in [0.1, 0.15) is 29.3 Å². The summed E-state index contributed by atoms with van der Waals surface area (Å²) >= 11 is 0. The fourth-order valence-corrected chi connectivity index (χ4v) is 2.59. The summed E-state index contributed by atoms with van der Waals surface area (Å²) in [6, 6.07) is 9.23. The molecule has 0 atom stereocenters. The second kappa shape index (κ2) is 10.7. The lowest BCUT2D eigenvalue weighted by molar-refractivity contribution is -0.119. The van der Waals surface area contributed by atoms with E-state index in [0.717, 1.165) is 11.6 Å². The Morgan fingerprint density at radius 1 is 1.00 bits per heavy atom. The van der Waals surface area contributed by atoms with Gasteiger partial charge in [0.15, 0.2) is 23.0 Å². The Labute approximate surface area is 174 Å². The van der Waals surface area contributed by atoms with Gasteiger partial charge >= 0.3 is 0 Å². The molecule has 0 bridgehead atoms. The van der Waals surface area contributed by atoms with E-state index in [1.165, 1.54) is 12.1 Å². The number of phenolic OH excluding ortho intramolecular Hbond substituents is 2. The van der Waals surface area contributed by atoms with Crippen molar-refractivity contribution >= 4 is 17.5 Å². The van der Waals surface area contributed by atoms with Gasteiger partial charge in [-0.25, -0.2) is 5.43 Å². The molecule has 0 spiro atoms. The molecule has 2 rings (SSSR count). The van der Waals surface area contributed by atoms with E-state index < -0.39 is 11.7 Å². The number of hydrogen-bond acceptors (Lipinski definition) is 7. The van der Waals surface area contributed by atoms with Crippen LogP contribution in [0.4, 0.5) is 0 Å². The first-order valence-electron chi connectivity index (χ1n) is 9.17. The Kier molecular flexibility index (Phi) is 8.04. The second-order valence-corrected chi connectivity index (χ2v) is 6.46. The number of aromatic hydroxyl groups is 2. The molecule has 9 heteroatoms. The standard InChI is InChI=1S/C21H25N3O6/c1-13(23-24-21(28)15-5-6-16(25)17(26)12-15)10-20(27)22-9-8-14-4-7-18(29-2)19(11-14)30-3/h4-7,11-12,25-26H,8-10H2,1-3H3,(H,22,27)(H,24,28)/b23-13-. The van der Waals surface area contributed by atoms with E-state index in [1.807, 2.05) is 18.2 Å². The maximum Gasteiger partial charge on any atom is 0.271 e. The zero-order chi connectivity index (χ0) is 22.1. The Morgan fingerprint density at radius 3 is 2.40 bits per heavy atom. The summed E-state index contributed by atoms with van der Waals surface area (Å²) in [7, 11) is 3.13. The predicted molar refractivity (Wildman–Crippen MR) is 111 cm³/mol. The van der Waals surface area contributed by atoms with E-state index in [-0.39, 0.29) is 23.6 Å². The molecule has 160 valence electrons. The van der Waals surface area contributed by atoms with Gasteiger partial charge in [0.1, 0.15) is 0 Å². The topological polar surface area (TPSA) is 129 Å². The first kappa shape index (κ1) is 22.5. The maximum atomic E-state index is 12.1. The number of ether oxygens (including phenoxy) is 2. The molecule has 2 aromatic carbocycles. The van der Waals surface area contributed by atoms with Crippen LogP contribution in [0, 0.1) is 0 Å². The van der Waals surface area contributed by atoms with Crippen molar-refractivity contribution in [3.8, 4) is 23.0 Å². The van der Waals surface area contributed by atoms with Gasteiger partial charge in [0.25, 0.3) is 5.91 Å². The van der Waals surface area contributed by atoms with Gasteiger partial charge in [-0.1, -0.05) is 6.07 Å². The van der Waals surface area contributed by atoms with Gasteiger partial charge in [-0.3, -0.25) is 9.59 Å². The zero-order valence-corrected chi connectivity index (χ0v) is 17.1. The molecule has 0 radical (unpaired) electrons. The van der Waals surface area contributed by atoms with Crippen molar-refractivity contribution < 1.29 is 29.3 Å². The third kappa shape index (κ3) is 6.40. The van der Waals surface area contributed by atoms with Gasteiger partial charge in [-0.15, -0.1) is 0 Å². The highest BCUT2D eigenvalue weighted by molar-refractivity contribution is 6.01. The van der Waals surface area contributed by atoms with Crippen LogP contribution >= 0.6 is 0 Å². The SMILES string of the molecule is COc1ccc(CCNC(=O)C/C(C)=N\NC(=O)c2ccc(O)c(O)c2)cc1OC. The van der Waals surface area contributed by atoms with Crippen LogP contribution in [0.2, 0.25) is 0 Å². The molecular weight excluding hydrogens is 390 g/mol. The van der Waals surface area contributed by atoms with E-state index in [9.17, 15) is 19.8 Å². The molecule has 2 amide bonds. The molecule has 4 N–H and O–H groups in total. The zero-order valence-electron chi connectivity index (χ0n) is 17.1. The molecule has 0 aliphatic heterocycles. The summed E-state index contributed by atoms with van der Waals surface area (Å²) in [4.78, 5) is 24.0. The minimum Gasteiger partial charge on any atom is -0.504 e. The number of hydrogen-bond donors (Lipinski definition) is 4. The van der Waals surface area contributed by atoms with Gasteiger partial charge in [0.2, 0.25) is 5.91 Å². The smallest absolute Gasteiger partial charge is 0.271 e. The van der Waals surface area contributed by atoms with Crippen molar-refractivity contribution in [2.24, 2.45) is 5.10 Å². The third-order valence-corrected chi connectivity index (χ3v) is 4.19. The lowest BCUT2D eigenvalue weighted by Crippen LogP contribution is -2.28. The largest absolute Gasteiger partial charge is 0.504 e. The highest BCUT2D eigenvalue weighted by Gasteiger charge is 2.10. The van der Waals surface area contributed by atoms with E-state index in [0.29, 0.717) is 30.2 Å². The summed E-state index contributed by atoms with van der Waals surface area (Å²) in [5.74, 6) is -0.261. The van der Waals surface area contributed by atoms with Gasteiger partial charge in [-0.05, 0) is 49.2 Å². The van der Waals surface area contributed by atoms with E-state index in [1.54, 1.807) is 21.1 Å². The molecule has 0 heterocycles. The highest BCUT2D eigenvalue weighted by Crippen LogP contribution is 2.27. The van der Waals surface area contributed by atoms with Crippen LogP contribution in [0.25, 0.3) is 0 Å². The molecule has 0 fully saturated rings. The van der Waals surface area contributed by atoms with Crippen molar-refractivity contribution in [3.63, 3.8) is 0 Å². The van der Waals surface area contributed by atoms with Crippen molar-refractivity contribution in [2.45, 2.75) is 19.8 Å². The first-order valence-corrected chi connectivity index (χ1v) is 9.17. The van der Waals surface area contributed by atoms with Gasteiger partial charge < -0.3 is 25.0 Å². The summed E-state index contributed by atoms with van der Waals surface area (Å²) in [6.45, 7) is 2.04. The number of rotatable bonds is 9. The monoisotopic (exact) mass is 415 g/mol. The summed E-state index contributed by atoms with van der Waals surface area (Å²) in [5.41, 5.74) is 3.83. The fourth-order valence-electron chi connectivity index (χ4n) is 2.59. The Morgan fingerprint density at radius 2 is 1.73 bits per heavy atom. The molecule has 0 aromatic heterocycles. The molecule has 0 unspecified atom stereocenters. The number of methoxy groups -OCH3 is 2. The first-order chi connectivity index (χ1) is 14.3. The lowest BCUT2D eigenvalue weighted by atomic mass is 10.1.